The summed E-state index contributed by atoms with van der Waals surface area (Å²) in [6.07, 6.45) is 0.625. The first kappa shape index (κ1) is 19.2. The lowest BCUT2D eigenvalue weighted by Gasteiger charge is -2.34. The van der Waals surface area contributed by atoms with Crippen molar-refractivity contribution >= 4 is 17.7 Å². The van der Waals surface area contributed by atoms with Gasteiger partial charge in [0.2, 0.25) is 12.7 Å². The van der Waals surface area contributed by atoms with E-state index in [1.807, 2.05) is 28.8 Å². The molecule has 5 nitrogen and oxygen atoms in total. The van der Waals surface area contributed by atoms with Gasteiger partial charge in [-0.3, -0.25) is 9.69 Å². The van der Waals surface area contributed by atoms with Crippen LogP contribution >= 0.6 is 11.8 Å². The van der Waals surface area contributed by atoms with Crippen LogP contribution in [0.4, 0.5) is 0 Å². The van der Waals surface area contributed by atoms with Crippen molar-refractivity contribution in [3.63, 3.8) is 0 Å². The van der Waals surface area contributed by atoms with Crippen molar-refractivity contribution in [2.75, 3.05) is 38.7 Å². The summed E-state index contributed by atoms with van der Waals surface area (Å²) in [6, 6.07) is 16.5. The van der Waals surface area contributed by atoms with E-state index in [2.05, 4.69) is 41.3 Å². The lowest BCUT2D eigenvalue weighted by atomic mass is 10.1. The van der Waals surface area contributed by atoms with Gasteiger partial charge in [0.05, 0.1) is 0 Å². The molecule has 6 heteroatoms. The Hall–Kier alpha value is -2.18. The van der Waals surface area contributed by atoms with Crippen molar-refractivity contribution in [3.05, 3.63) is 59.7 Å². The molecule has 2 heterocycles. The molecule has 1 fully saturated rings. The van der Waals surface area contributed by atoms with Crippen LogP contribution in [0.25, 0.3) is 0 Å². The van der Waals surface area contributed by atoms with E-state index in [0.717, 1.165) is 55.7 Å². The molecule has 4 rings (SSSR count). The van der Waals surface area contributed by atoms with Gasteiger partial charge in [-0.1, -0.05) is 36.4 Å². The summed E-state index contributed by atoms with van der Waals surface area (Å²) in [4.78, 5) is 16.9. The molecule has 2 aromatic rings. The van der Waals surface area contributed by atoms with E-state index < -0.39 is 0 Å². The number of ether oxygens (including phenoxy) is 2. The van der Waals surface area contributed by atoms with E-state index in [0.29, 0.717) is 13.2 Å². The third-order valence-electron chi connectivity index (χ3n) is 5.14. The first-order chi connectivity index (χ1) is 13.8. The van der Waals surface area contributed by atoms with E-state index in [4.69, 9.17) is 9.47 Å². The quantitative estimate of drug-likeness (QED) is 0.669. The number of amides is 1. The van der Waals surface area contributed by atoms with Gasteiger partial charge in [0.1, 0.15) is 0 Å². The normalized spacial score (nSPS) is 16.4. The third-order valence-corrected chi connectivity index (χ3v) is 6.17. The molecule has 2 aliphatic heterocycles. The summed E-state index contributed by atoms with van der Waals surface area (Å²) < 4.78 is 10.8. The van der Waals surface area contributed by atoms with Crippen molar-refractivity contribution < 1.29 is 14.3 Å². The second-order valence-electron chi connectivity index (χ2n) is 7.13. The molecule has 148 valence electrons. The average Bonchev–Trinajstić information content (AvgIpc) is 3.20. The number of carbonyl (C=O) groups excluding carboxylic acids is 1. The van der Waals surface area contributed by atoms with Gasteiger partial charge in [0, 0.05) is 50.7 Å². The number of hydrogen-bond acceptors (Lipinski definition) is 5. The van der Waals surface area contributed by atoms with Crippen molar-refractivity contribution in [2.45, 2.75) is 18.7 Å². The highest BCUT2D eigenvalue weighted by atomic mass is 32.2. The molecule has 0 unspecified atom stereocenters. The molecule has 0 atom stereocenters. The van der Waals surface area contributed by atoms with E-state index >= 15 is 0 Å². The molecular formula is C22H26N2O3S. The second-order valence-corrected chi connectivity index (χ2v) is 8.24. The van der Waals surface area contributed by atoms with Crippen LogP contribution < -0.4 is 9.47 Å². The van der Waals surface area contributed by atoms with Gasteiger partial charge in [-0.2, -0.15) is 11.8 Å². The minimum absolute atomic E-state index is 0.281. The van der Waals surface area contributed by atoms with Crippen LogP contribution in [-0.4, -0.2) is 54.4 Å². The lowest BCUT2D eigenvalue weighted by molar-refractivity contribution is -0.132. The number of piperazine rings is 1. The topological polar surface area (TPSA) is 42.0 Å². The summed E-state index contributed by atoms with van der Waals surface area (Å²) >= 11 is 1.83. The van der Waals surface area contributed by atoms with Crippen molar-refractivity contribution in [1.82, 2.24) is 9.80 Å². The van der Waals surface area contributed by atoms with E-state index in [1.54, 1.807) is 0 Å². The first-order valence-electron chi connectivity index (χ1n) is 9.78. The van der Waals surface area contributed by atoms with Crippen LogP contribution in [0, 0.1) is 0 Å². The van der Waals surface area contributed by atoms with E-state index in [-0.39, 0.29) is 5.91 Å². The van der Waals surface area contributed by atoms with E-state index in [9.17, 15) is 4.79 Å². The van der Waals surface area contributed by atoms with Crippen molar-refractivity contribution in [2.24, 2.45) is 0 Å². The average molecular weight is 399 g/mol. The third kappa shape index (κ3) is 5.00. The maximum Gasteiger partial charge on any atom is 0.231 e. The molecule has 0 aromatic heterocycles. The fourth-order valence-corrected chi connectivity index (χ4v) is 4.43. The predicted octanol–water partition coefficient (Wildman–Crippen LogP) is 3.38. The highest BCUT2D eigenvalue weighted by Crippen LogP contribution is 2.32. The molecule has 1 saturated heterocycles. The van der Waals surface area contributed by atoms with E-state index in [1.165, 1.54) is 11.1 Å². The van der Waals surface area contributed by atoms with Crippen LogP contribution in [0.2, 0.25) is 0 Å². The maximum absolute atomic E-state index is 12.5. The van der Waals surface area contributed by atoms with Crippen LogP contribution in [0.3, 0.4) is 0 Å². The summed E-state index contributed by atoms with van der Waals surface area (Å²) in [5.41, 5.74) is 2.54. The minimum atomic E-state index is 0.281. The zero-order chi connectivity index (χ0) is 19.2. The largest absolute Gasteiger partial charge is 0.454 e. The highest BCUT2D eigenvalue weighted by molar-refractivity contribution is 7.98. The molecule has 0 saturated carbocycles. The van der Waals surface area contributed by atoms with Crippen molar-refractivity contribution in [3.8, 4) is 11.5 Å². The Labute approximate surface area is 170 Å². The molecule has 2 aromatic carbocycles. The highest BCUT2D eigenvalue weighted by Gasteiger charge is 2.21. The lowest BCUT2D eigenvalue weighted by Crippen LogP contribution is -2.48. The van der Waals surface area contributed by atoms with Crippen molar-refractivity contribution in [1.29, 1.82) is 0 Å². The number of carbonyl (C=O) groups is 1. The molecule has 0 bridgehead atoms. The predicted molar refractivity (Wildman–Crippen MR) is 112 cm³/mol. The number of rotatable bonds is 7. The van der Waals surface area contributed by atoms with Gasteiger partial charge in [-0.25, -0.2) is 0 Å². The van der Waals surface area contributed by atoms with Gasteiger partial charge in [-0.05, 0) is 23.3 Å². The minimum Gasteiger partial charge on any atom is -0.454 e. The summed E-state index contributed by atoms with van der Waals surface area (Å²) in [5.74, 6) is 3.79. The Morgan fingerprint density at radius 2 is 1.71 bits per heavy atom. The van der Waals surface area contributed by atoms with Crippen LogP contribution in [0.1, 0.15) is 17.5 Å². The van der Waals surface area contributed by atoms with Gasteiger partial charge in [-0.15, -0.1) is 0 Å². The standard InChI is InChI=1S/C22H26N2O3S/c25-22(8-13-28-16-18-4-2-1-3-5-18)24-11-9-23(10-12-24)15-19-6-7-20-21(14-19)27-17-26-20/h1-7,14H,8-13,15-17H2. The summed E-state index contributed by atoms with van der Waals surface area (Å²) in [6.45, 7) is 4.64. The number of hydrogen-bond donors (Lipinski definition) is 0. The zero-order valence-corrected chi connectivity index (χ0v) is 16.8. The van der Waals surface area contributed by atoms with Gasteiger partial charge in [0.15, 0.2) is 11.5 Å². The number of fused-ring (bicyclic) bond motifs is 1. The molecule has 28 heavy (non-hydrogen) atoms. The fraction of sp³-hybridized carbons (Fsp3) is 0.409. The second kappa shape index (κ2) is 9.34. The molecule has 2 aliphatic rings. The Balaban J connectivity index is 1.16. The Kier molecular flexibility index (Phi) is 6.39. The van der Waals surface area contributed by atoms with Crippen LogP contribution in [-0.2, 0) is 17.1 Å². The van der Waals surface area contributed by atoms with Crippen LogP contribution in [0.5, 0.6) is 11.5 Å². The number of nitrogens with zero attached hydrogens (tertiary/aromatic N) is 2. The molecule has 0 spiro atoms. The number of thioether (sulfide) groups is 1. The summed E-state index contributed by atoms with van der Waals surface area (Å²) in [5, 5.41) is 0. The number of benzene rings is 2. The SMILES string of the molecule is O=C(CCSCc1ccccc1)N1CCN(Cc2ccc3c(c2)OCO3)CC1. The molecule has 0 radical (unpaired) electrons. The zero-order valence-electron chi connectivity index (χ0n) is 16.0. The monoisotopic (exact) mass is 398 g/mol. The van der Waals surface area contributed by atoms with Gasteiger partial charge < -0.3 is 14.4 Å². The fourth-order valence-electron chi connectivity index (χ4n) is 3.53. The molecular weight excluding hydrogens is 372 g/mol. The Morgan fingerprint density at radius 3 is 2.54 bits per heavy atom. The Bertz CT molecular complexity index is 792. The smallest absolute Gasteiger partial charge is 0.231 e. The molecule has 1 amide bonds. The molecule has 0 aliphatic carbocycles. The maximum atomic E-state index is 12.5. The molecule has 0 N–H and O–H groups in total. The Morgan fingerprint density at radius 1 is 0.929 bits per heavy atom. The van der Waals surface area contributed by atoms with Gasteiger partial charge >= 0.3 is 0 Å². The summed E-state index contributed by atoms with van der Waals surface area (Å²) in [7, 11) is 0. The van der Waals surface area contributed by atoms with Crippen LogP contribution in [0.15, 0.2) is 48.5 Å². The van der Waals surface area contributed by atoms with Gasteiger partial charge in [0.25, 0.3) is 0 Å². The first-order valence-corrected chi connectivity index (χ1v) is 10.9.